The molecule has 0 aliphatic rings. The van der Waals surface area contributed by atoms with Crippen molar-refractivity contribution in [3.8, 4) is 5.75 Å². The molecule has 0 bridgehead atoms. The van der Waals surface area contributed by atoms with E-state index in [2.05, 4.69) is 26.6 Å². The number of amides is 2. The van der Waals surface area contributed by atoms with E-state index in [9.17, 15) is 9.59 Å². The smallest absolute Gasteiger partial charge is 0.261 e. The average Bonchev–Trinajstić information content (AvgIpc) is 2.66. The monoisotopic (exact) mass is 463 g/mol. The lowest BCUT2D eigenvalue weighted by atomic mass is 10.2. The molecule has 0 unspecified atom stereocenters. The fraction of sp³-hybridized carbons (Fsp3) is 0.250. The Kier molecular flexibility index (Phi) is 7.95. The highest BCUT2D eigenvalue weighted by Gasteiger charge is 2.15. The van der Waals surface area contributed by atoms with E-state index >= 15 is 0 Å². The van der Waals surface area contributed by atoms with E-state index in [1.54, 1.807) is 43.4 Å². The Morgan fingerprint density at radius 3 is 2.46 bits per heavy atom. The van der Waals surface area contributed by atoms with Crippen molar-refractivity contribution in [1.29, 1.82) is 0 Å². The molecular formula is C20H22BrN3O3S. The Hall–Kier alpha value is -2.45. The molecular weight excluding hydrogens is 442 g/mol. The van der Waals surface area contributed by atoms with E-state index in [0.29, 0.717) is 23.6 Å². The third kappa shape index (κ3) is 6.03. The molecule has 0 saturated carbocycles. The van der Waals surface area contributed by atoms with Gasteiger partial charge in [0.2, 0.25) is 5.91 Å². The first kappa shape index (κ1) is 21.8. The molecule has 0 fully saturated rings. The predicted molar refractivity (Wildman–Crippen MR) is 119 cm³/mol. The zero-order valence-corrected chi connectivity index (χ0v) is 18.3. The maximum Gasteiger partial charge on any atom is 0.261 e. The van der Waals surface area contributed by atoms with E-state index < -0.39 is 0 Å². The van der Waals surface area contributed by atoms with Gasteiger partial charge in [-0.2, -0.15) is 0 Å². The van der Waals surface area contributed by atoms with Crippen LogP contribution in [0.2, 0.25) is 0 Å². The van der Waals surface area contributed by atoms with Crippen LogP contribution in [0.4, 0.5) is 11.4 Å². The third-order valence-corrected chi connectivity index (χ3v) is 4.56. The number of benzene rings is 2. The lowest BCUT2D eigenvalue weighted by Crippen LogP contribution is -2.34. The van der Waals surface area contributed by atoms with Crippen molar-refractivity contribution in [3.05, 3.63) is 52.5 Å². The Morgan fingerprint density at radius 2 is 1.86 bits per heavy atom. The van der Waals surface area contributed by atoms with Gasteiger partial charge in [-0.25, -0.2) is 0 Å². The zero-order valence-electron chi connectivity index (χ0n) is 15.9. The molecule has 28 heavy (non-hydrogen) atoms. The topological polar surface area (TPSA) is 70.7 Å². The number of anilines is 2. The molecule has 2 amide bonds. The quantitative estimate of drug-likeness (QED) is 0.623. The molecule has 2 aromatic carbocycles. The maximum absolute atomic E-state index is 12.6. The number of thiocarbonyl (C=S) groups is 1. The summed E-state index contributed by atoms with van der Waals surface area (Å²) in [7, 11) is 1.70. The highest BCUT2D eigenvalue weighted by Crippen LogP contribution is 2.23. The molecule has 0 aliphatic heterocycles. The number of nitrogens with one attached hydrogen (secondary N) is 2. The van der Waals surface area contributed by atoms with Crippen molar-refractivity contribution in [2.75, 3.05) is 23.9 Å². The van der Waals surface area contributed by atoms with Crippen molar-refractivity contribution in [2.24, 2.45) is 0 Å². The molecule has 0 heterocycles. The molecule has 2 rings (SSSR count). The van der Waals surface area contributed by atoms with Crippen LogP contribution in [-0.4, -0.2) is 30.6 Å². The summed E-state index contributed by atoms with van der Waals surface area (Å²) in [6, 6.07) is 12.4. The minimum atomic E-state index is -0.363. The Balaban J connectivity index is 2.04. The molecule has 6 nitrogen and oxygen atoms in total. The van der Waals surface area contributed by atoms with Gasteiger partial charge in [0.05, 0.1) is 12.2 Å². The van der Waals surface area contributed by atoms with Crippen LogP contribution >= 0.6 is 28.1 Å². The van der Waals surface area contributed by atoms with Gasteiger partial charge in [0, 0.05) is 29.8 Å². The fourth-order valence-electron chi connectivity index (χ4n) is 2.30. The number of halogens is 1. The second kappa shape index (κ2) is 10.2. The Labute approximate surface area is 178 Å². The number of nitrogens with zero attached hydrogens (tertiary/aromatic N) is 1. The van der Waals surface area contributed by atoms with Crippen LogP contribution in [0.25, 0.3) is 0 Å². The number of carbonyl (C=O) groups is 2. The first-order valence-corrected chi connectivity index (χ1v) is 9.91. The lowest BCUT2D eigenvalue weighted by Gasteiger charge is -2.16. The van der Waals surface area contributed by atoms with E-state index in [1.807, 2.05) is 13.0 Å². The normalized spacial score (nSPS) is 10.1. The molecule has 2 aromatic rings. The van der Waals surface area contributed by atoms with Gasteiger partial charge in [0.15, 0.2) is 5.11 Å². The van der Waals surface area contributed by atoms with Crippen LogP contribution in [0.5, 0.6) is 5.75 Å². The SMILES string of the molecule is CCCOc1ccc(Br)cc1C(=O)NC(=S)Nc1ccc(N(C)C(C)=O)cc1. The Morgan fingerprint density at radius 1 is 1.18 bits per heavy atom. The zero-order chi connectivity index (χ0) is 20.7. The van der Waals surface area contributed by atoms with Crippen molar-refractivity contribution in [3.63, 3.8) is 0 Å². The van der Waals surface area contributed by atoms with E-state index in [0.717, 1.165) is 16.6 Å². The number of hydrogen-bond donors (Lipinski definition) is 2. The summed E-state index contributed by atoms with van der Waals surface area (Å²) >= 11 is 8.61. The largest absolute Gasteiger partial charge is 0.493 e. The van der Waals surface area contributed by atoms with Crippen molar-refractivity contribution in [2.45, 2.75) is 20.3 Å². The van der Waals surface area contributed by atoms with E-state index in [4.69, 9.17) is 17.0 Å². The molecule has 0 radical (unpaired) electrons. The lowest BCUT2D eigenvalue weighted by molar-refractivity contribution is -0.116. The second-order valence-corrected chi connectivity index (χ2v) is 7.35. The van der Waals surface area contributed by atoms with Gasteiger partial charge in [-0.05, 0) is 61.1 Å². The second-order valence-electron chi connectivity index (χ2n) is 6.02. The van der Waals surface area contributed by atoms with Crippen LogP contribution in [0.1, 0.15) is 30.6 Å². The highest BCUT2D eigenvalue weighted by molar-refractivity contribution is 9.10. The van der Waals surface area contributed by atoms with Crippen LogP contribution in [0.15, 0.2) is 46.9 Å². The maximum atomic E-state index is 12.6. The van der Waals surface area contributed by atoms with Crippen molar-refractivity contribution >= 4 is 56.4 Å². The molecule has 0 spiro atoms. The summed E-state index contributed by atoms with van der Waals surface area (Å²) in [5.74, 6) is 0.0819. The van der Waals surface area contributed by atoms with Gasteiger partial charge >= 0.3 is 0 Å². The van der Waals surface area contributed by atoms with E-state index in [1.165, 1.54) is 11.8 Å². The molecule has 0 saturated heterocycles. The average molecular weight is 464 g/mol. The summed E-state index contributed by atoms with van der Waals surface area (Å²) in [4.78, 5) is 25.6. The third-order valence-electron chi connectivity index (χ3n) is 3.86. The Bertz CT molecular complexity index is 871. The summed E-state index contributed by atoms with van der Waals surface area (Å²) in [5.41, 5.74) is 1.85. The summed E-state index contributed by atoms with van der Waals surface area (Å²) < 4.78 is 6.41. The predicted octanol–water partition coefficient (Wildman–Crippen LogP) is 4.35. The number of rotatable bonds is 6. The first-order chi connectivity index (χ1) is 13.3. The summed E-state index contributed by atoms with van der Waals surface area (Å²) in [6.07, 6.45) is 0.839. The first-order valence-electron chi connectivity index (χ1n) is 8.71. The van der Waals surface area contributed by atoms with Crippen LogP contribution < -0.4 is 20.3 Å². The fourth-order valence-corrected chi connectivity index (χ4v) is 2.87. The van der Waals surface area contributed by atoms with Gasteiger partial charge in [-0.15, -0.1) is 0 Å². The van der Waals surface area contributed by atoms with Crippen molar-refractivity contribution < 1.29 is 14.3 Å². The number of ether oxygens (including phenoxy) is 1. The summed E-state index contributed by atoms with van der Waals surface area (Å²) in [6.45, 7) is 4.01. The highest BCUT2D eigenvalue weighted by atomic mass is 79.9. The van der Waals surface area contributed by atoms with Crippen LogP contribution in [0.3, 0.4) is 0 Å². The van der Waals surface area contributed by atoms with E-state index in [-0.39, 0.29) is 16.9 Å². The number of carbonyl (C=O) groups excluding carboxylic acids is 2. The molecule has 0 aromatic heterocycles. The minimum absolute atomic E-state index is 0.0568. The van der Waals surface area contributed by atoms with Gasteiger partial charge < -0.3 is 15.0 Å². The molecule has 0 aliphatic carbocycles. The van der Waals surface area contributed by atoms with Crippen LogP contribution in [0, 0.1) is 0 Å². The molecule has 8 heteroatoms. The van der Waals surface area contributed by atoms with Gasteiger partial charge in [-0.3, -0.25) is 14.9 Å². The van der Waals surface area contributed by atoms with Gasteiger partial charge in [0.1, 0.15) is 5.75 Å². The van der Waals surface area contributed by atoms with Gasteiger partial charge in [0.25, 0.3) is 5.91 Å². The molecule has 2 N–H and O–H groups in total. The summed E-state index contributed by atoms with van der Waals surface area (Å²) in [5, 5.41) is 5.78. The minimum Gasteiger partial charge on any atom is -0.493 e. The van der Waals surface area contributed by atoms with Crippen LogP contribution in [-0.2, 0) is 4.79 Å². The molecule has 0 atom stereocenters. The molecule has 148 valence electrons. The number of hydrogen-bond acceptors (Lipinski definition) is 4. The van der Waals surface area contributed by atoms with Gasteiger partial charge in [-0.1, -0.05) is 22.9 Å². The standard InChI is InChI=1S/C20H22BrN3O3S/c1-4-11-27-18-10-5-14(21)12-17(18)19(26)23-20(28)22-15-6-8-16(9-7-15)24(3)13(2)25/h5-10,12H,4,11H2,1-3H3,(H2,22,23,26,28). The van der Waals surface area contributed by atoms with Crippen molar-refractivity contribution in [1.82, 2.24) is 5.32 Å².